The summed E-state index contributed by atoms with van der Waals surface area (Å²) in [5.41, 5.74) is 1.31. The molecule has 0 radical (unpaired) electrons. The number of carbonyl (C=O) groups is 2. The van der Waals surface area contributed by atoms with Crippen molar-refractivity contribution < 1.29 is 24.7 Å². The van der Waals surface area contributed by atoms with E-state index in [0.29, 0.717) is 18.7 Å². The van der Waals surface area contributed by atoms with Crippen molar-refractivity contribution in [3.8, 4) is 0 Å². The maximum atomic E-state index is 13.8. The molecule has 2 aliphatic rings. The van der Waals surface area contributed by atoms with Gasteiger partial charge < -0.3 is 20.0 Å². The number of nitrogens with zero attached hydrogens (tertiary/aromatic N) is 3. The lowest BCUT2D eigenvalue weighted by atomic mass is 9.82. The number of aliphatic hydroxyl groups is 2. The average Bonchev–Trinajstić information content (AvgIpc) is 3.19. The summed E-state index contributed by atoms with van der Waals surface area (Å²) < 4.78 is 1.04. The van der Waals surface area contributed by atoms with Crippen LogP contribution in [0, 0.1) is 19.6 Å². The molecule has 0 aromatic heterocycles. The molecular formula is C31H30IN3O6. The largest absolute Gasteiger partial charge is 0.394 e. The minimum absolute atomic E-state index is 0.0153. The molecule has 0 unspecified atom stereocenters. The SMILES string of the molecule is C[C@H](/C=C/CC(=O)N1Cc2ccccc2C[C@H]1CO)[C@@]1(O)C(=O)N(Cc2ccc(I)cc2)c2ccc([N+](=O)[O-])cc21. The standard InChI is InChI=1S/C31H30IN3O6/c1-20(5-4-8-29(37)33-18-23-7-3-2-6-22(23)15-26(33)19-36)31(39)27-16-25(35(40)41)13-14-28(27)34(30(31)38)17-21-9-11-24(32)12-10-21/h2-7,9-14,16,20,26,36,39H,8,15,17-19H2,1H3/b5-4+/t20-,26+,31+/m1/s1. The number of fused-ring (bicyclic) bond motifs is 2. The first kappa shape index (κ1) is 28.9. The maximum absolute atomic E-state index is 13.8. The number of nitro benzene ring substituents is 1. The highest BCUT2D eigenvalue weighted by molar-refractivity contribution is 14.1. The number of carbonyl (C=O) groups excluding carboxylic acids is 2. The van der Waals surface area contributed by atoms with Crippen LogP contribution in [0.4, 0.5) is 11.4 Å². The number of nitro groups is 1. The van der Waals surface area contributed by atoms with Crippen molar-refractivity contribution in [3.05, 3.63) is 115 Å². The van der Waals surface area contributed by atoms with Crippen LogP contribution in [0.5, 0.6) is 0 Å². The number of halogens is 1. The zero-order chi connectivity index (χ0) is 29.3. The van der Waals surface area contributed by atoms with Crippen LogP contribution < -0.4 is 4.90 Å². The molecule has 3 atom stereocenters. The van der Waals surface area contributed by atoms with Crippen LogP contribution in [0.15, 0.2) is 78.9 Å². The van der Waals surface area contributed by atoms with E-state index in [1.165, 1.54) is 23.1 Å². The summed E-state index contributed by atoms with van der Waals surface area (Å²) in [6.45, 7) is 2.09. The van der Waals surface area contributed by atoms with Crippen LogP contribution in [-0.4, -0.2) is 44.5 Å². The topological polar surface area (TPSA) is 124 Å². The third-order valence-corrected chi connectivity index (χ3v) is 8.70. The molecule has 0 spiro atoms. The van der Waals surface area contributed by atoms with E-state index in [2.05, 4.69) is 22.6 Å². The Labute approximate surface area is 251 Å². The molecule has 41 heavy (non-hydrogen) atoms. The molecule has 5 rings (SSSR count). The Kier molecular flexibility index (Phi) is 8.25. The van der Waals surface area contributed by atoms with Crippen LogP contribution in [-0.2, 0) is 34.7 Å². The second kappa shape index (κ2) is 11.7. The fraction of sp³-hybridized carbons (Fsp3) is 0.290. The molecule has 2 amide bonds. The van der Waals surface area contributed by atoms with E-state index in [1.54, 1.807) is 24.0 Å². The van der Waals surface area contributed by atoms with Crippen molar-refractivity contribution >= 4 is 45.8 Å². The molecule has 0 saturated carbocycles. The zero-order valence-electron chi connectivity index (χ0n) is 22.4. The summed E-state index contributed by atoms with van der Waals surface area (Å²) in [7, 11) is 0. The average molecular weight is 668 g/mol. The number of benzene rings is 3. The Morgan fingerprint density at radius 3 is 2.56 bits per heavy atom. The Bertz CT molecular complexity index is 1520. The van der Waals surface area contributed by atoms with E-state index in [-0.39, 0.29) is 42.8 Å². The molecule has 0 fully saturated rings. The number of amides is 2. The first-order chi connectivity index (χ1) is 19.6. The van der Waals surface area contributed by atoms with Gasteiger partial charge in [0.2, 0.25) is 5.91 Å². The number of aliphatic hydroxyl groups excluding tert-OH is 1. The molecular weight excluding hydrogens is 637 g/mol. The zero-order valence-corrected chi connectivity index (χ0v) is 24.6. The first-order valence-corrected chi connectivity index (χ1v) is 14.4. The Morgan fingerprint density at radius 1 is 1.17 bits per heavy atom. The minimum atomic E-state index is -2.05. The summed E-state index contributed by atoms with van der Waals surface area (Å²) in [5, 5.41) is 33.4. The van der Waals surface area contributed by atoms with E-state index < -0.39 is 22.3 Å². The first-order valence-electron chi connectivity index (χ1n) is 13.3. The molecule has 9 nitrogen and oxygen atoms in total. The van der Waals surface area contributed by atoms with E-state index in [4.69, 9.17) is 0 Å². The van der Waals surface area contributed by atoms with Crippen molar-refractivity contribution in [3.63, 3.8) is 0 Å². The van der Waals surface area contributed by atoms with Crippen molar-refractivity contribution in [2.24, 2.45) is 5.92 Å². The van der Waals surface area contributed by atoms with Crippen LogP contribution in [0.3, 0.4) is 0 Å². The normalized spacial score (nSPS) is 20.7. The lowest BCUT2D eigenvalue weighted by molar-refractivity contribution is -0.385. The second-order valence-corrected chi connectivity index (χ2v) is 11.7. The molecule has 2 aliphatic heterocycles. The van der Waals surface area contributed by atoms with E-state index >= 15 is 0 Å². The third kappa shape index (κ3) is 5.51. The molecule has 3 aromatic carbocycles. The molecule has 3 aromatic rings. The van der Waals surface area contributed by atoms with Gasteiger partial charge in [0, 0.05) is 40.1 Å². The van der Waals surface area contributed by atoms with Gasteiger partial charge in [-0.1, -0.05) is 55.5 Å². The maximum Gasteiger partial charge on any atom is 0.269 e. The lowest BCUT2D eigenvalue weighted by Crippen LogP contribution is -2.46. The van der Waals surface area contributed by atoms with Crippen LogP contribution in [0.2, 0.25) is 0 Å². The summed E-state index contributed by atoms with van der Waals surface area (Å²) >= 11 is 2.19. The van der Waals surface area contributed by atoms with E-state index in [9.17, 15) is 29.9 Å². The van der Waals surface area contributed by atoms with Crippen LogP contribution in [0.25, 0.3) is 0 Å². The van der Waals surface area contributed by atoms with Gasteiger partial charge in [-0.3, -0.25) is 19.7 Å². The number of non-ortho nitro benzene ring substituents is 1. The Hall–Kier alpha value is -3.61. The molecule has 0 saturated heterocycles. The summed E-state index contributed by atoms with van der Waals surface area (Å²) in [6, 6.07) is 19.2. The third-order valence-electron chi connectivity index (χ3n) is 7.98. The number of hydrogen-bond acceptors (Lipinski definition) is 6. The molecule has 10 heteroatoms. The quantitative estimate of drug-likeness (QED) is 0.158. The van der Waals surface area contributed by atoms with Gasteiger partial charge in [-0.25, -0.2) is 0 Å². The van der Waals surface area contributed by atoms with Gasteiger partial charge in [-0.2, -0.15) is 0 Å². The highest BCUT2D eigenvalue weighted by atomic mass is 127. The Balaban J connectivity index is 1.38. The molecule has 2 N–H and O–H groups in total. The van der Waals surface area contributed by atoms with Gasteiger partial charge in [-0.05, 0) is 63.9 Å². The predicted octanol–water partition coefficient (Wildman–Crippen LogP) is 4.46. The molecule has 212 valence electrons. The fourth-order valence-electron chi connectivity index (χ4n) is 5.65. The fourth-order valence-corrected chi connectivity index (χ4v) is 6.01. The summed E-state index contributed by atoms with van der Waals surface area (Å²) in [4.78, 5) is 41.1. The van der Waals surface area contributed by atoms with Crippen LogP contribution >= 0.6 is 22.6 Å². The Morgan fingerprint density at radius 2 is 1.88 bits per heavy atom. The van der Waals surface area contributed by atoms with Crippen molar-refractivity contribution in [1.82, 2.24) is 4.90 Å². The molecule has 0 bridgehead atoms. The highest BCUT2D eigenvalue weighted by Gasteiger charge is 2.53. The molecule has 0 aliphatic carbocycles. The predicted molar refractivity (Wildman–Crippen MR) is 162 cm³/mol. The minimum Gasteiger partial charge on any atom is -0.394 e. The summed E-state index contributed by atoms with van der Waals surface area (Å²) in [5.74, 6) is -1.55. The smallest absolute Gasteiger partial charge is 0.269 e. The van der Waals surface area contributed by atoms with Crippen molar-refractivity contribution in [2.75, 3.05) is 11.5 Å². The van der Waals surface area contributed by atoms with Crippen molar-refractivity contribution in [1.29, 1.82) is 0 Å². The molecule has 2 heterocycles. The van der Waals surface area contributed by atoms with Crippen LogP contribution in [0.1, 0.15) is 35.6 Å². The van der Waals surface area contributed by atoms with E-state index in [0.717, 1.165) is 20.3 Å². The number of anilines is 1. The monoisotopic (exact) mass is 667 g/mol. The van der Waals surface area contributed by atoms with Gasteiger partial charge in [0.25, 0.3) is 11.6 Å². The highest BCUT2D eigenvalue weighted by Crippen LogP contribution is 2.47. The van der Waals surface area contributed by atoms with Gasteiger partial charge in [-0.15, -0.1) is 0 Å². The summed E-state index contributed by atoms with van der Waals surface area (Å²) in [6.07, 6.45) is 3.81. The van der Waals surface area contributed by atoms with E-state index in [1.807, 2.05) is 48.5 Å². The second-order valence-electron chi connectivity index (χ2n) is 10.5. The number of hydrogen-bond donors (Lipinski definition) is 2. The van der Waals surface area contributed by atoms with Gasteiger partial charge >= 0.3 is 0 Å². The number of rotatable bonds is 8. The van der Waals surface area contributed by atoms with Gasteiger partial charge in [0.1, 0.15) is 0 Å². The lowest BCUT2D eigenvalue weighted by Gasteiger charge is -2.36. The van der Waals surface area contributed by atoms with Crippen molar-refractivity contribution in [2.45, 2.75) is 44.5 Å². The van der Waals surface area contributed by atoms with Gasteiger partial charge in [0.15, 0.2) is 5.60 Å². The van der Waals surface area contributed by atoms with Gasteiger partial charge in [0.05, 0.1) is 29.8 Å².